The molecule has 0 atom stereocenters. The van der Waals surface area contributed by atoms with Gasteiger partial charge in [-0.25, -0.2) is 4.39 Å². The van der Waals surface area contributed by atoms with Gasteiger partial charge in [0.15, 0.2) is 0 Å². The minimum atomic E-state index is -0.280. The zero-order chi connectivity index (χ0) is 12.3. The van der Waals surface area contributed by atoms with Crippen molar-refractivity contribution in [2.75, 3.05) is 19.5 Å². The largest absolute Gasteiger partial charge is 0.496 e. The second kappa shape index (κ2) is 4.87. The number of nitrogens with one attached hydrogen (secondary N) is 1. The van der Waals surface area contributed by atoms with Gasteiger partial charge in [-0.2, -0.15) is 0 Å². The highest BCUT2D eigenvalue weighted by molar-refractivity contribution is 5.74. The molecule has 0 radical (unpaired) electrons. The molecule has 2 aromatic rings. The monoisotopic (exact) mass is 231 g/mol. The van der Waals surface area contributed by atoms with E-state index >= 15 is 0 Å². The Bertz CT molecular complexity index is 525. The Labute approximate surface area is 100 Å². The van der Waals surface area contributed by atoms with Crippen LogP contribution in [-0.2, 0) is 0 Å². The van der Waals surface area contributed by atoms with E-state index < -0.39 is 0 Å². The molecule has 0 amide bonds. The zero-order valence-corrected chi connectivity index (χ0v) is 9.83. The summed E-state index contributed by atoms with van der Waals surface area (Å²) < 4.78 is 19.1. The van der Waals surface area contributed by atoms with Crippen LogP contribution >= 0.6 is 0 Å². The Kier molecular flexibility index (Phi) is 3.28. The van der Waals surface area contributed by atoms with Crippen molar-refractivity contribution in [3.05, 3.63) is 48.3 Å². The number of ether oxygens (including phenoxy) is 1. The Morgan fingerprint density at radius 2 is 1.88 bits per heavy atom. The molecule has 1 N–H and O–H groups in total. The number of halogens is 1. The summed E-state index contributed by atoms with van der Waals surface area (Å²) in [4.78, 5) is 0. The molecule has 17 heavy (non-hydrogen) atoms. The SMILES string of the molecule is CNc1cccc(-c2c(F)cccc2OC)c1. The first-order chi connectivity index (χ1) is 8.26. The van der Waals surface area contributed by atoms with Gasteiger partial charge in [0, 0.05) is 12.7 Å². The van der Waals surface area contributed by atoms with E-state index in [4.69, 9.17) is 4.74 Å². The molecule has 3 heteroatoms. The lowest BCUT2D eigenvalue weighted by Crippen LogP contribution is -1.93. The predicted molar refractivity (Wildman–Crippen MR) is 67.9 cm³/mol. The van der Waals surface area contributed by atoms with Crippen LogP contribution in [0, 0.1) is 5.82 Å². The van der Waals surface area contributed by atoms with Crippen LogP contribution in [0.3, 0.4) is 0 Å². The van der Waals surface area contributed by atoms with Gasteiger partial charge in [-0.15, -0.1) is 0 Å². The molecule has 2 rings (SSSR count). The maximum Gasteiger partial charge on any atom is 0.134 e. The summed E-state index contributed by atoms with van der Waals surface area (Å²) in [5.41, 5.74) is 2.23. The van der Waals surface area contributed by atoms with E-state index in [2.05, 4.69) is 5.32 Å². The van der Waals surface area contributed by atoms with Gasteiger partial charge in [-0.3, -0.25) is 0 Å². The highest BCUT2D eigenvalue weighted by Gasteiger charge is 2.11. The molecular formula is C14H14FNO. The minimum Gasteiger partial charge on any atom is -0.496 e. The lowest BCUT2D eigenvalue weighted by Gasteiger charge is -2.10. The van der Waals surface area contributed by atoms with Crippen LogP contribution in [0.4, 0.5) is 10.1 Å². The zero-order valence-electron chi connectivity index (χ0n) is 9.83. The number of hydrogen-bond donors (Lipinski definition) is 1. The molecule has 0 aliphatic carbocycles. The van der Waals surface area contributed by atoms with E-state index in [0.717, 1.165) is 11.3 Å². The molecule has 0 spiro atoms. The van der Waals surface area contributed by atoms with Crippen molar-refractivity contribution in [3.63, 3.8) is 0 Å². The third-order valence-electron chi connectivity index (χ3n) is 2.64. The van der Waals surface area contributed by atoms with Crippen molar-refractivity contribution in [1.29, 1.82) is 0 Å². The van der Waals surface area contributed by atoms with Crippen molar-refractivity contribution in [1.82, 2.24) is 0 Å². The molecule has 0 saturated heterocycles. The molecule has 0 unspecified atom stereocenters. The average Bonchev–Trinajstić information content (AvgIpc) is 2.38. The second-order valence-electron chi connectivity index (χ2n) is 3.65. The van der Waals surface area contributed by atoms with Gasteiger partial charge in [0.05, 0.1) is 12.7 Å². The maximum absolute atomic E-state index is 13.9. The fourth-order valence-corrected chi connectivity index (χ4v) is 1.78. The topological polar surface area (TPSA) is 21.3 Å². The summed E-state index contributed by atoms with van der Waals surface area (Å²) in [6.07, 6.45) is 0. The summed E-state index contributed by atoms with van der Waals surface area (Å²) in [6, 6.07) is 12.4. The third kappa shape index (κ3) is 2.23. The molecule has 0 heterocycles. The van der Waals surface area contributed by atoms with Crippen LogP contribution in [0.1, 0.15) is 0 Å². The predicted octanol–water partition coefficient (Wildman–Crippen LogP) is 3.54. The van der Waals surface area contributed by atoms with Crippen molar-refractivity contribution in [2.45, 2.75) is 0 Å². The van der Waals surface area contributed by atoms with Gasteiger partial charge >= 0.3 is 0 Å². The second-order valence-corrected chi connectivity index (χ2v) is 3.65. The molecule has 0 fully saturated rings. The van der Waals surface area contributed by atoms with E-state index in [1.165, 1.54) is 6.07 Å². The Hall–Kier alpha value is -2.03. The number of anilines is 1. The molecule has 0 bridgehead atoms. The van der Waals surface area contributed by atoms with Gasteiger partial charge in [0.25, 0.3) is 0 Å². The smallest absolute Gasteiger partial charge is 0.134 e. The van der Waals surface area contributed by atoms with Crippen LogP contribution in [0.2, 0.25) is 0 Å². The van der Waals surface area contributed by atoms with Gasteiger partial charge < -0.3 is 10.1 Å². The molecular weight excluding hydrogens is 217 g/mol. The summed E-state index contributed by atoms with van der Waals surface area (Å²) in [7, 11) is 3.37. The molecule has 0 aliphatic rings. The summed E-state index contributed by atoms with van der Waals surface area (Å²) in [5.74, 6) is 0.260. The number of rotatable bonds is 3. The fourth-order valence-electron chi connectivity index (χ4n) is 1.78. The summed E-state index contributed by atoms with van der Waals surface area (Å²) in [5, 5.41) is 3.03. The normalized spacial score (nSPS) is 10.1. The van der Waals surface area contributed by atoms with E-state index in [0.29, 0.717) is 11.3 Å². The van der Waals surface area contributed by atoms with Crippen LogP contribution in [-0.4, -0.2) is 14.2 Å². The molecule has 0 aromatic heterocycles. The Morgan fingerprint density at radius 1 is 1.12 bits per heavy atom. The van der Waals surface area contributed by atoms with Crippen molar-refractivity contribution in [2.24, 2.45) is 0 Å². The van der Waals surface area contributed by atoms with Crippen LogP contribution < -0.4 is 10.1 Å². The lowest BCUT2D eigenvalue weighted by atomic mass is 10.0. The molecule has 0 aliphatic heterocycles. The Morgan fingerprint density at radius 3 is 2.59 bits per heavy atom. The molecule has 2 nitrogen and oxygen atoms in total. The quantitative estimate of drug-likeness (QED) is 0.872. The van der Waals surface area contributed by atoms with E-state index in [9.17, 15) is 4.39 Å². The number of hydrogen-bond acceptors (Lipinski definition) is 2. The molecule has 88 valence electrons. The fraction of sp³-hybridized carbons (Fsp3) is 0.143. The number of benzene rings is 2. The summed E-state index contributed by atoms with van der Waals surface area (Å²) >= 11 is 0. The first kappa shape index (κ1) is 11.5. The molecule has 2 aromatic carbocycles. The summed E-state index contributed by atoms with van der Waals surface area (Å²) in [6.45, 7) is 0. The first-order valence-electron chi connectivity index (χ1n) is 5.37. The Balaban J connectivity index is 2.58. The van der Waals surface area contributed by atoms with Crippen LogP contribution in [0.25, 0.3) is 11.1 Å². The highest BCUT2D eigenvalue weighted by atomic mass is 19.1. The van der Waals surface area contributed by atoms with Gasteiger partial charge in [-0.05, 0) is 29.8 Å². The standard InChI is InChI=1S/C14H14FNO/c1-16-11-6-3-5-10(9-11)14-12(15)7-4-8-13(14)17-2/h3-9,16H,1-2H3. The average molecular weight is 231 g/mol. The van der Waals surface area contributed by atoms with Crippen molar-refractivity contribution in [3.8, 4) is 16.9 Å². The van der Waals surface area contributed by atoms with Gasteiger partial charge in [0.2, 0.25) is 0 Å². The van der Waals surface area contributed by atoms with Gasteiger partial charge in [0.1, 0.15) is 11.6 Å². The van der Waals surface area contributed by atoms with Crippen molar-refractivity contribution >= 4 is 5.69 Å². The minimum absolute atomic E-state index is 0.280. The maximum atomic E-state index is 13.9. The van der Waals surface area contributed by atoms with Crippen molar-refractivity contribution < 1.29 is 9.13 Å². The lowest BCUT2D eigenvalue weighted by molar-refractivity contribution is 0.413. The number of methoxy groups -OCH3 is 1. The van der Waals surface area contributed by atoms with E-state index in [-0.39, 0.29) is 5.82 Å². The van der Waals surface area contributed by atoms with E-state index in [1.807, 2.05) is 31.3 Å². The third-order valence-corrected chi connectivity index (χ3v) is 2.64. The molecule has 0 saturated carbocycles. The first-order valence-corrected chi connectivity index (χ1v) is 5.37. The van der Waals surface area contributed by atoms with Crippen LogP contribution in [0.15, 0.2) is 42.5 Å². The highest BCUT2D eigenvalue weighted by Crippen LogP contribution is 2.33. The van der Waals surface area contributed by atoms with E-state index in [1.54, 1.807) is 19.2 Å². The van der Waals surface area contributed by atoms with Gasteiger partial charge in [-0.1, -0.05) is 18.2 Å². The van der Waals surface area contributed by atoms with Crippen LogP contribution in [0.5, 0.6) is 5.75 Å².